The molecular formula is C6H11Cl3NO5P. The molecule has 1 atom stereocenters. The molecule has 0 saturated carbocycles. The van der Waals surface area contributed by atoms with Crippen molar-refractivity contribution >= 4 is 48.5 Å². The van der Waals surface area contributed by atoms with Gasteiger partial charge in [-0.3, -0.25) is 4.57 Å². The topological polar surface area (TPSA) is 73.9 Å². The zero-order valence-electron chi connectivity index (χ0n) is 8.70. The van der Waals surface area contributed by atoms with Gasteiger partial charge in [-0.15, -0.1) is 0 Å². The monoisotopic (exact) mass is 313 g/mol. The van der Waals surface area contributed by atoms with Crippen molar-refractivity contribution in [3.8, 4) is 0 Å². The van der Waals surface area contributed by atoms with Crippen molar-refractivity contribution in [2.24, 2.45) is 0 Å². The number of carbonyl (C=O) groups is 1. The van der Waals surface area contributed by atoms with Crippen molar-refractivity contribution in [1.29, 1.82) is 0 Å². The summed E-state index contributed by atoms with van der Waals surface area (Å²) in [6.45, 7) is 0. The molecule has 0 radical (unpaired) electrons. The molecule has 0 aliphatic rings. The summed E-state index contributed by atoms with van der Waals surface area (Å²) >= 11 is 16.7. The first-order chi connectivity index (χ1) is 7.21. The van der Waals surface area contributed by atoms with E-state index in [2.05, 4.69) is 19.1 Å². The summed E-state index contributed by atoms with van der Waals surface area (Å²) in [5, 5.41) is 2.08. The van der Waals surface area contributed by atoms with E-state index in [1.165, 1.54) is 0 Å². The fourth-order valence-electron chi connectivity index (χ4n) is 0.796. The average Bonchev–Trinajstić information content (AvgIpc) is 2.22. The van der Waals surface area contributed by atoms with E-state index >= 15 is 0 Å². The predicted octanol–water partition coefficient (Wildman–Crippen LogP) is 2.52. The number of methoxy groups -OCH3 is 1. The summed E-state index contributed by atoms with van der Waals surface area (Å²) in [4.78, 5) is 11.0. The van der Waals surface area contributed by atoms with Crippen molar-refractivity contribution in [2.75, 3.05) is 21.3 Å². The Morgan fingerprint density at radius 2 is 1.69 bits per heavy atom. The highest BCUT2D eigenvalue weighted by Crippen LogP contribution is 2.57. The number of carbonyl (C=O) groups excluding carboxylic acids is 1. The zero-order valence-corrected chi connectivity index (χ0v) is 11.9. The molecule has 0 bridgehead atoms. The highest BCUT2D eigenvalue weighted by molar-refractivity contribution is 7.55. The summed E-state index contributed by atoms with van der Waals surface area (Å²) in [5.41, 5.74) is 0. The Morgan fingerprint density at radius 3 is 1.94 bits per heavy atom. The lowest BCUT2D eigenvalue weighted by Gasteiger charge is -2.29. The van der Waals surface area contributed by atoms with E-state index in [4.69, 9.17) is 34.8 Å². The van der Waals surface area contributed by atoms with Gasteiger partial charge >= 0.3 is 13.7 Å². The quantitative estimate of drug-likeness (QED) is 0.637. The normalized spacial score (nSPS) is 14.4. The molecule has 0 heterocycles. The molecular weight excluding hydrogens is 303 g/mol. The number of hydrogen-bond acceptors (Lipinski definition) is 5. The maximum Gasteiger partial charge on any atom is 0.407 e. The maximum atomic E-state index is 12.0. The molecule has 1 amide bonds. The van der Waals surface area contributed by atoms with Crippen LogP contribution in [0.25, 0.3) is 0 Å². The van der Waals surface area contributed by atoms with Gasteiger partial charge in [0.05, 0.1) is 7.11 Å². The molecule has 0 aromatic rings. The molecule has 1 unspecified atom stereocenters. The van der Waals surface area contributed by atoms with Crippen LogP contribution in [0.15, 0.2) is 0 Å². The molecule has 0 spiro atoms. The number of nitrogens with one attached hydrogen (secondary N) is 1. The summed E-state index contributed by atoms with van der Waals surface area (Å²) < 4.78 is 23.5. The molecule has 0 aliphatic carbocycles. The van der Waals surface area contributed by atoms with Gasteiger partial charge < -0.3 is 19.1 Å². The first-order valence-electron chi connectivity index (χ1n) is 3.83. The lowest BCUT2D eigenvalue weighted by molar-refractivity contribution is 0.166. The Kier molecular flexibility index (Phi) is 6.40. The van der Waals surface area contributed by atoms with E-state index in [1.807, 2.05) is 0 Å². The molecule has 96 valence electrons. The van der Waals surface area contributed by atoms with E-state index in [9.17, 15) is 9.36 Å². The number of ether oxygens (including phenoxy) is 1. The summed E-state index contributed by atoms with van der Waals surface area (Å²) in [6.07, 6.45) is -0.925. The van der Waals surface area contributed by atoms with E-state index < -0.39 is 23.3 Å². The van der Waals surface area contributed by atoms with Crippen LogP contribution in [0.4, 0.5) is 4.79 Å². The van der Waals surface area contributed by atoms with Gasteiger partial charge in [-0.2, -0.15) is 0 Å². The summed E-state index contributed by atoms with van der Waals surface area (Å²) in [5.74, 6) is -1.48. The van der Waals surface area contributed by atoms with Gasteiger partial charge in [-0.25, -0.2) is 4.79 Å². The molecule has 1 N–H and O–H groups in total. The van der Waals surface area contributed by atoms with E-state index in [1.54, 1.807) is 0 Å². The van der Waals surface area contributed by atoms with Crippen molar-refractivity contribution < 1.29 is 23.1 Å². The van der Waals surface area contributed by atoms with Gasteiger partial charge in [0.2, 0.25) is 3.79 Å². The highest BCUT2D eigenvalue weighted by atomic mass is 35.6. The standard InChI is InChI=1S/C6H11Cl3NO5P/c1-13-5(11)10-4(6(7,8)9)16(12,14-2)15-3/h4H,1-3H3,(H,10,11). The molecule has 16 heavy (non-hydrogen) atoms. The molecule has 0 rings (SSSR count). The fourth-order valence-corrected chi connectivity index (χ4v) is 3.23. The molecule has 0 aliphatic heterocycles. The largest absolute Gasteiger partial charge is 0.453 e. The van der Waals surface area contributed by atoms with Crippen LogP contribution in [0, 0.1) is 0 Å². The van der Waals surface area contributed by atoms with Gasteiger partial charge in [0.15, 0.2) is 5.78 Å². The third-order valence-corrected chi connectivity index (χ3v) is 4.85. The van der Waals surface area contributed by atoms with Gasteiger partial charge in [-0.05, 0) is 0 Å². The second-order valence-corrected chi connectivity index (χ2v) is 7.18. The molecule has 0 aromatic heterocycles. The molecule has 0 aromatic carbocycles. The minimum atomic E-state index is -3.79. The Balaban J connectivity index is 5.10. The van der Waals surface area contributed by atoms with Crippen LogP contribution >= 0.6 is 42.4 Å². The van der Waals surface area contributed by atoms with E-state index in [-0.39, 0.29) is 0 Å². The number of hydrogen-bond donors (Lipinski definition) is 1. The maximum absolute atomic E-state index is 12.0. The number of alkyl halides is 3. The lowest BCUT2D eigenvalue weighted by atomic mass is 10.7. The average molecular weight is 314 g/mol. The number of halogens is 3. The second-order valence-electron chi connectivity index (χ2n) is 2.49. The van der Waals surface area contributed by atoms with Gasteiger partial charge in [-0.1, -0.05) is 34.8 Å². The summed E-state index contributed by atoms with van der Waals surface area (Å²) in [6, 6.07) is 0. The van der Waals surface area contributed by atoms with Crippen molar-refractivity contribution in [2.45, 2.75) is 9.58 Å². The third-order valence-electron chi connectivity index (χ3n) is 1.58. The van der Waals surface area contributed by atoms with Crippen molar-refractivity contribution in [1.82, 2.24) is 5.32 Å². The van der Waals surface area contributed by atoms with Crippen LogP contribution in [-0.4, -0.2) is 37.0 Å². The van der Waals surface area contributed by atoms with E-state index in [0.29, 0.717) is 0 Å². The zero-order chi connectivity index (χ0) is 13.0. The van der Waals surface area contributed by atoms with Gasteiger partial charge in [0, 0.05) is 14.2 Å². The highest BCUT2D eigenvalue weighted by Gasteiger charge is 2.49. The van der Waals surface area contributed by atoms with Crippen LogP contribution in [0.5, 0.6) is 0 Å². The Morgan fingerprint density at radius 1 is 1.25 bits per heavy atom. The third kappa shape index (κ3) is 4.28. The Labute approximate surface area is 108 Å². The minimum absolute atomic E-state index is 0.925. The summed E-state index contributed by atoms with van der Waals surface area (Å²) in [7, 11) is -0.474. The first kappa shape index (κ1) is 16.3. The van der Waals surface area contributed by atoms with E-state index in [0.717, 1.165) is 21.3 Å². The van der Waals surface area contributed by atoms with Crippen LogP contribution in [0.1, 0.15) is 0 Å². The van der Waals surface area contributed by atoms with Gasteiger partial charge in [0.25, 0.3) is 0 Å². The fraction of sp³-hybridized carbons (Fsp3) is 0.833. The molecule has 6 nitrogen and oxygen atoms in total. The molecule has 0 fully saturated rings. The Bertz CT molecular complexity index is 286. The minimum Gasteiger partial charge on any atom is -0.453 e. The van der Waals surface area contributed by atoms with Crippen molar-refractivity contribution in [3.63, 3.8) is 0 Å². The number of alkyl carbamates (subject to hydrolysis) is 1. The van der Waals surface area contributed by atoms with Gasteiger partial charge in [0.1, 0.15) is 0 Å². The van der Waals surface area contributed by atoms with Crippen LogP contribution in [0.3, 0.4) is 0 Å². The SMILES string of the molecule is COC(=O)NC(C(Cl)(Cl)Cl)P(=O)(OC)OC. The molecule has 10 heteroatoms. The van der Waals surface area contributed by atoms with Crippen LogP contribution < -0.4 is 5.32 Å². The van der Waals surface area contributed by atoms with Crippen LogP contribution in [-0.2, 0) is 18.3 Å². The lowest BCUT2D eigenvalue weighted by Crippen LogP contribution is -2.44. The smallest absolute Gasteiger partial charge is 0.407 e. The molecule has 0 saturated heterocycles. The number of rotatable bonds is 4. The predicted molar refractivity (Wildman–Crippen MR) is 61.2 cm³/mol. The second kappa shape index (κ2) is 6.28. The first-order valence-corrected chi connectivity index (χ1v) is 6.58. The van der Waals surface area contributed by atoms with Crippen LogP contribution in [0.2, 0.25) is 0 Å². The number of amides is 1. The van der Waals surface area contributed by atoms with Crippen molar-refractivity contribution in [3.05, 3.63) is 0 Å². The Hall–Kier alpha value is 0.290.